The Labute approximate surface area is 150 Å². The summed E-state index contributed by atoms with van der Waals surface area (Å²) >= 11 is 0. The molecule has 0 saturated carbocycles. The fraction of sp³-hybridized carbons (Fsp3) is 0.706. The Balaban J connectivity index is 1.76. The number of nitrogens with zero attached hydrogens (tertiary/aromatic N) is 4. The molecule has 0 bridgehead atoms. The van der Waals surface area contributed by atoms with Gasteiger partial charge in [0.2, 0.25) is 11.9 Å². The van der Waals surface area contributed by atoms with Crippen LogP contribution >= 0.6 is 0 Å². The number of amides is 1. The number of anilines is 1. The predicted molar refractivity (Wildman–Crippen MR) is 88.4 cm³/mol. The molecule has 3 rings (SSSR count). The van der Waals surface area contributed by atoms with Gasteiger partial charge in [-0.1, -0.05) is 0 Å². The van der Waals surface area contributed by atoms with Crippen LogP contribution in [0.15, 0.2) is 12.3 Å². The molecule has 0 radical (unpaired) electrons. The monoisotopic (exact) mass is 372 g/mol. The second-order valence-corrected chi connectivity index (χ2v) is 7.16. The highest BCUT2D eigenvalue weighted by molar-refractivity contribution is 5.77. The Morgan fingerprint density at radius 3 is 2.81 bits per heavy atom. The van der Waals surface area contributed by atoms with Crippen LogP contribution in [0.4, 0.5) is 19.1 Å². The van der Waals surface area contributed by atoms with Crippen molar-refractivity contribution in [3.8, 4) is 0 Å². The van der Waals surface area contributed by atoms with Gasteiger partial charge in [0.05, 0.1) is 0 Å². The van der Waals surface area contributed by atoms with Crippen molar-refractivity contribution in [2.24, 2.45) is 5.41 Å². The van der Waals surface area contributed by atoms with Crippen LogP contribution in [0.5, 0.6) is 0 Å². The molecule has 2 aliphatic rings. The van der Waals surface area contributed by atoms with E-state index in [1.54, 1.807) is 9.80 Å². The Morgan fingerprint density at radius 1 is 1.27 bits per heavy atom. The SMILES string of the molecule is O=C1CC[C@]2(CCCN(c3nccc(C(F)(F)F)n3)C2)CN1CCCO. The summed E-state index contributed by atoms with van der Waals surface area (Å²) in [6, 6.07) is 0.874. The van der Waals surface area contributed by atoms with E-state index in [2.05, 4.69) is 9.97 Å². The van der Waals surface area contributed by atoms with Crippen molar-refractivity contribution >= 4 is 11.9 Å². The normalized spacial score (nSPS) is 24.4. The summed E-state index contributed by atoms with van der Waals surface area (Å²) in [5, 5.41) is 9.01. The standard InChI is InChI=1S/C17H23F3N4O2/c18-17(19,20)13-4-7-21-15(22-13)24-8-1-5-16(12-24)6-3-14(26)23(11-16)9-2-10-25/h4,7,25H,1-3,5-6,8-12H2/t16-/m1/s1. The molecule has 2 fully saturated rings. The molecular weight excluding hydrogens is 349 g/mol. The van der Waals surface area contributed by atoms with Crippen LogP contribution in [0, 0.1) is 5.41 Å². The van der Waals surface area contributed by atoms with Gasteiger partial charge in [-0.25, -0.2) is 9.97 Å². The maximum atomic E-state index is 12.9. The van der Waals surface area contributed by atoms with Gasteiger partial charge in [0.25, 0.3) is 0 Å². The molecule has 1 N–H and O–H groups in total. The smallest absolute Gasteiger partial charge is 0.396 e. The number of rotatable bonds is 4. The van der Waals surface area contributed by atoms with Crippen LogP contribution in [0.25, 0.3) is 0 Å². The van der Waals surface area contributed by atoms with Crippen LogP contribution < -0.4 is 4.90 Å². The summed E-state index contributed by atoms with van der Waals surface area (Å²) in [6.45, 7) is 2.25. The van der Waals surface area contributed by atoms with Gasteiger partial charge >= 0.3 is 6.18 Å². The maximum absolute atomic E-state index is 12.9. The molecule has 144 valence electrons. The zero-order valence-electron chi connectivity index (χ0n) is 14.5. The molecule has 0 unspecified atom stereocenters. The van der Waals surface area contributed by atoms with Gasteiger partial charge in [-0.2, -0.15) is 13.2 Å². The average Bonchev–Trinajstić information content (AvgIpc) is 2.62. The van der Waals surface area contributed by atoms with E-state index >= 15 is 0 Å². The third kappa shape index (κ3) is 4.08. The Kier molecular flexibility index (Phi) is 5.36. The summed E-state index contributed by atoms with van der Waals surface area (Å²) in [5.41, 5.74) is -1.09. The number of alkyl halides is 3. The van der Waals surface area contributed by atoms with Crippen LogP contribution in [-0.4, -0.2) is 58.7 Å². The van der Waals surface area contributed by atoms with E-state index in [9.17, 15) is 18.0 Å². The highest BCUT2D eigenvalue weighted by atomic mass is 19.4. The number of halogens is 3. The first kappa shape index (κ1) is 18.9. The van der Waals surface area contributed by atoms with Gasteiger partial charge in [-0.3, -0.25) is 4.79 Å². The van der Waals surface area contributed by atoms with Crippen molar-refractivity contribution in [3.63, 3.8) is 0 Å². The topological polar surface area (TPSA) is 69.6 Å². The molecule has 6 nitrogen and oxygen atoms in total. The Hall–Kier alpha value is -1.90. The largest absolute Gasteiger partial charge is 0.433 e. The van der Waals surface area contributed by atoms with Crippen LogP contribution in [0.2, 0.25) is 0 Å². The van der Waals surface area contributed by atoms with E-state index in [0.717, 1.165) is 31.5 Å². The number of hydrogen-bond donors (Lipinski definition) is 1. The summed E-state index contributed by atoms with van der Waals surface area (Å²) < 4.78 is 38.8. The molecule has 0 aromatic carbocycles. The second kappa shape index (κ2) is 7.38. The molecule has 2 aliphatic heterocycles. The summed E-state index contributed by atoms with van der Waals surface area (Å²) in [5.74, 6) is 0.175. The molecule has 1 aromatic rings. The first-order valence-corrected chi connectivity index (χ1v) is 8.87. The molecule has 2 saturated heterocycles. The predicted octanol–water partition coefficient (Wildman–Crippen LogP) is 2.09. The van der Waals surface area contributed by atoms with Gasteiger partial charge in [0.1, 0.15) is 5.69 Å². The van der Waals surface area contributed by atoms with Gasteiger partial charge in [0.15, 0.2) is 0 Å². The third-order valence-electron chi connectivity index (χ3n) is 5.21. The Bertz CT molecular complexity index is 655. The van der Waals surface area contributed by atoms with Crippen LogP contribution in [-0.2, 0) is 11.0 Å². The number of carbonyl (C=O) groups excluding carboxylic acids is 1. The van der Waals surface area contributed by atoms with Crippen LogP contribution in [0.1, 0.15) is 37.8 Å². The minimum Gasteiger partial charge on any atom is -0.396 e. The molecule has 9 heteroatoms. The summed E-state index contributed by atoms with van der Waals surface area (Å²) in [7, 11) is 0. The summed E-state index contributed by atoms with van der Waals surface area (Å²) in [6.07, 6.45) is 0.0722. The minimum absolute atomic E-state index is 0.0287. The molecule has 1 amide bonds. The van der Waals surface area contributed by atoms with E-state index in [-0.39, 0.29) is 23.9 Å². The molecular formula is C17H23F3N4O2. The maximum Gasteiger partial charge on any atom is 0.433 e. The third-order valence-corrected chi connectivity index (χ3v) is 5.21. The number of aromatic nitrogens is 2. The van der Waals surface area contributed by atoms with Crippen molar-refractivity contribution in [1.82, 2.24) is 14.9 Å². The molecule has 1 aromatic heterocycles. The highest BCUT2D eigenvalue weighted by Crippen LogP contribution is 2.40. The lowest BCUT2D eigenvalue weighted by atomic mass is 9.73. The van der Waals surface area contributed by atoms with E-state index in [1.165, 1.54) is 0 Å². The van der Waals surface area contributed by atoms with Crippen molar-refractivity contribution in [1.29, 1.82) is 0 Å². The lowest BCUT2D eigenvalue weighted by molar-refractivity contribution is -0.141. The van der Waals surface area contributed by atoms with Crippen molar-refractivity contribution in [2.45, 2.75) is 38.3 Å². The molecule has 26 heavy (non-hydrogen) atoms. The van der Waals surface area contributed by atoms with Crippen molar-refractivity contribution < 1.29 is 23.1 Å². The Morgan fingerprint density at radius 2 is 2.08 bits per heavy atom. The van der Waals surface area contributed by atoms with Crippen molar-refractivity contribution in [2.75, 3.05) is 37.7 Å². The second-order valence-electron chi connectivity index (χ2n) is 7.16. The quantitative estimate of drug-likeness (QED) is 0.877. The first-order chi connectivity index (χ1) is 12.3. The minimum atomic E-state index is -4.50. The number of piperidine rings is 2. The van der Waals surface area contributed by atoms with E-state index in [0.29, 0.717) is 39.0 Å². The molecule has 3 heterocycles. The number of hydrogen-bond acceptors (Lipinski definition) is 5. The number of aliphatic hydroxyl groups is 1. The summed E-state index contributed by atoms with van der Waals surface area (Å²) in [4.78, 5) is 23.4. The number of carbonyl (C=O) groups is 1. The van der Waals surface area contributed by atoms with Gasteiger partial charge in [-0.15, -0.1) is 0 Å². The highest BCUT2D eigenvalue weighted by Gasteiger charge is 2.42. The lowest BCUT2D eigenvalue weighted by Gasteiger charge is -2.48. The van der Waals surface area contributed by atoms with Crippen molar-refractivity contribution in [3.05, 3.63) is 18.0 Å². The van der Waals surface area contributed by atoms with Gasteiger partial charge in [-0.05, 0) is 31.7 Å². The molecule has 1 spiro atoms. The van der Waals surface area contributed by atoms with Gasteiger partial charge in [0, 0.05) is 50.8 Å². The molecule has 1 atom stereocenters. The zero-order valence-corrected chi connectivity index (χ0v) is 14.5. The number of likely N-dealkylation sites (tertiary alicyclic amines) is 1. The van der Waals surface area contributed by atoms with E-state index in [4.69, 9.17) is 5.11 Å². The van der Waals surface area contributed by atoms with Gasteiger partial charge < -0.3 is 14.9 Å². The fourth-order valence-corrected chi connectivity index (χ4v) is 3.94. The van der Waals surface area contributed by atoms with E-state index < -0.39 is 11.9 Å². The average molecular weight is 372 g/mol. The number of aliphatic hydroxyl groups excluding tert-OH is 1. The lowest BCUT2D eigenvalue weighted by Crippen LogP contribution is -2.54. The fourth-order valence-electron chi connectivity index (χ4n) is 3.94. The molecule has 0 aliphatic carbocycles. The zero-order chi connectivity index (χ0) is 18.8. The van der Waals surface area contributed by atoms with Crippen LogP contribution in [0.3, 0.4) is 0 Å². The van der Waals surface area contributed by atoms with E-state index in [1.807, 2.05) is 0 Å². The first-order valence-electron chi connectivity index (χ1n) is 8.87.